The van der Waals surface area contributed by atoms with E-state index in [0.29, 0.717) is 12.5 Å². The van der Waals surface area contributed by atoms with Crippen molar-refractivity contribution in [1.29, 1.82) is 0 Å². The summed E-state index contributed by atoms with van der Waals surface area (Å²) in [6.45, 7) is 2.82. The van der Waals surface area contributed by atoms with E-state index in [1.54, 1.807) is 0 Å². The number of thioether (sulfide) groups is 1. The van der Waals surface area contributed by atoms with E-state index in [4.69, 9.17) is 11.5 Å². The molecule has 4 N–H and O–H groups in total. The first-order valence-corrected chi connectivity index (χ1v) is 6.48. The van der Waals surface area contributed by atoms with Gasteiger partial charge in [-0.25, -0.2) is 0 Å². The number of hydrogen-bond donors (Lipinski definition) is 2. The van der Waals surface area contributed by atoms with Crippen molar-refractivity contribution < 1.29 is 0 Å². The minimum Gasteiger partial charge on any atom is -0.329 e. The smallest absolute Gasteiger partial charge is 0.0255 e. The fourth-order valence-corrected chi connectivity index (χ4v) is 2.46. The maximum absolute atomic E-state index is 5.75. The molecule has 2 unspecified atom stereocenters. The van der Waals surface area contributed by atoms with Gasteiger partial charge < -0.3 is 11.5 Å². The summed E-state index contributed by atoms with van der Waals surface area (Å²) in [5.74, 6) is 2.65. The van der Waals surface area contributed by atoms with Crippen LogP contribution in [0.1, 0.15) is 18.4 Å². The third kappa shape index (κ3) is 4.69. The van der Waals surface area contributed by atoms with Crippen LogP contribution in [0.5, 0.6) is 0 Å². The van der Waals surface area contributed by atoms with Crippen LogP contribution in [-0.4, -0.2) is 24.1 Å². The van der Waals surface area contributed by atoms with E-state index in [1.807, 2.05) is 17.8 Å². The molecule has 1 aromatic rings. The topological polar surface area (TPSA) is 52.0 Å². The predicted molar refractivity (Wildman–Crippen MR) is 69.2 cm³/mol. The van der Waals surface area contributed by atoms with Gasteiger partial charge in [-0.1, -0.05) is 37.3 Å². The van der Waals surface area contributed by atoms with Crippen LogP contribution >= 0.6 is 11.8 Å². The molecule has 1 rings (SSSR count). The number of nitrogens with two attached hydrogens (primary N) is 2. The van der Waals surface area contributed by atoms with Crippen molar-refractivity contribution >= 4 is 11.8 Å². The maximum atomic E-state index is 5.75. The molecule has 0 amide bonds. The Bertz CT molecular complexity index is 264. The van der Waals surface area contributed by atoms with Crippen molar-refractivity contribution in [3.05, 3.63) is 35.9 Å². The van der Waals surface area contributed by atoms with E-state index in [-0.39, 0.29) is 6.04 Å². The number of benzene rings is 1. The fourth-order valence-electron chi connectivity index (χ4n) is 1.34. The first kappa shape index (κ1) is 12.6. The van der Waals surface area contributed by atoms with E-state index in [9.17, 15) is 0 Å². The van der Waals surface area contributed by atoms with Gasteiger partial charge in [0.2, 0.25) is 0 Å². The molecule has 1 aromatic carbocycles. The second-order valence-corrected chi connectivity index (χ2v) is 4.92. The van der Waals surface area contributed by atoms with Crippen LogP contribution in [0.2, 0.25) is 0 Å². The average Bonchev–Trinajstić information content (AvgIpc) is 2.29. The summed E-state index contributed by atoms with van der Waals surface area (Å²) in [7, 11) is 0. The van der Waals surface area contributed by atoms with Crippen LogP contribution in [0.4, 0.5) is 0 Å². The highest BCUT2D eigenvalue weighted by atomic mass is 32.2. The van der Waals surface area contributed by atoms with E-state index in [0.717, 1.165) is 11.5 Å². The Kier molecular flexibility index (Phi) is 5.76. The Balaban J connectivity index is 2.28. The molecule has 2 atom stereocenters. The SMILES string of the molecule is CC(CSCC(N)CN)c1ccccc1. The Morgan fingerprint density at radius 1 is 1.20 bits per heavy atom. The summed E-state index contributed by atoms with van der Waals surface area (Å²) < 4.78 is 0. The highest BCUT2D eigenvalue weighted by Crippen LogP contribution is 2.19. The normalized spacial score (nSPS) is 14.9. The van der Waals surface area contributed by atoms with Crippen LogP contribution in [-0.2, 0) is 0 Å². The first-order chi connectivity index (χ1) is 7.24. The maximum Gasteiger partial charge on any atom is 0.0255 e. The molecule has 0 aliphatic rings. The molecule has 15 heavy (non-hydrogen) atoms. The van der Waals surface area contributed by atoms with Gasteiger partial charge >= 0.3 is 0 Å². The van der Waals surface area contributed by atoms with Gasteiger partial charge in [-0.05, 0) is 17.2 Å². The Labute approximate surface area is 96.4 Å². The van der Waals surface area contributed by atoms with Gasteiger partial charge in [-0.2, -0.15) is 11.8 Å². The Hall–Kier alpha value is -0.510. The van der Waals surface area contributed by atoms with E-state index in [2.05, 4.69) is 31.2 Å². The molecule has 0 aliphatic carbocycles. The van der Waals surface area contributed by atoms with Crippen molar-refractivity contribution in [3.8, 4) is 0 Å². The lowest BCUT2D eigenvalue weighted by Gasteiger charge is -2.13. The van der Waals surface area contributed by atoms with E-state index < -0.39 is 0 Å². The molecular weight excluding hydrogens is 204 g/mol. The zero-order valence-electron chi connectivity index (χ0n) is 9.23. The van der Waals surface area contributed by atoms with Crippen LogP contribution in [0.15, 0.2) is 30.3 Å². The van der Waals surface area contributed by atoms with Gasteiger partial charge in [-0.3, -0.25) is 0 Å². The summed E-state index contributed by atoms with van der Waals surface area (Å²) in [4.78, 5) is 0. The van der Waals surface area contributed by atoms with Gasteiger partial charge in [0.1, 0.15) is 0 Å². The van der Waals surface area contributed by atoms with E-state index in [1.165, 1.54) is 5.56 Å². The van der Waals surface area contributed by atoms with E-state index >= 15 is 0 Å². The van der Waals surface area contributed by atoms with Crippen molar-refractivity contribution in [2.24, 2.45) is 11.5 Å². The third-order valence-electron chi connectivity index (χ3n) is 2.37. The first-order valence-electron chi connectivity index (χ1n) is 5.32. The van der Waals surface area contributed by atoms with Crippen molar-refractivity contribution in [2.75, 3.05) is 18.1 Å². The fraction of sp³-hybridized carbons (Fsp3) is 0.500. The standard InChI is InChI=1S/C12H20N2S/c1-10(8-15-9-12(14)7-13)11-5-3-2-4-6-11/h2-6,10,12H,7-9,13-14H2,1H3. The lowest BCUT2D eigenvalue weighted by molar-refractivity contribution is 0.761. The Morgan fingerprint density at radius 2 is 1.87 bits per heavy atom. The number of hydrogen-bond acceptors (Lipinski definition) is 3. The zero-order valence-corrected chi connectivity index (χ0v) is 10.0. The van der Waals surface area contributed by atoms with Gasteiger partial charge in [0.25, 0.3) is 0 Å². The minimum atomic E-state index is 0.137. The zero-order chi connectivity index (χ0) is 11.1. The van der Waals surface area contributed by atoms with Crippen molar-refractivity contribution in [3.63, 3.8) is 0 Å². The molecule has 0 saturated carbocycles. The molecule has 84 valence electrons. The minimum absolute atomic E-state index is 0.137. The average molecular weight is 224 g/mol. The summed E-state index contributed by atoms with van der Waals surface area (Å²) in [5.41, 5.74) is 12.6. The second-order valence-electron chi connectivity index (χ2n) is 3.84. The highest BCUT2D eigenvalue weighted by Gasteiger charge is 2.06. The molecular formula is C12H20N2S. The van der Waals surface area contributed by atoms with Crippen LogP contribution in [0, 0.1) is 0 Å². The highest BCUT2D eigenvalue weighted by molar-refractivity contribution is 7.99. The Morgan fingerprint density at radius 3 is 2.47 bits per heavy atom. The summed E-state index contributed by atoms with van der Waals surface area (Å²) >= 11 is 1.88. The molecule has 0 heterocycles. The molecule has 0 spiro atoms. The summed E-state index contributed by atoms with van der Waals surface area (Å²) in [6.07, 6.45) is 0. The third-order valence-corrected chi connectivity index (χ3v) is 3.77. The van der Waals surface area contributed by atoms with Gasteiger partial charge in [0, 0.05) is 18.3 Å². The van der Waals surface area contributed by atoms with Crippen molar-refractivity contribution in [2.45, 2.75) is 18.9 Å². The molecule has 0 bridgehead atoms. The van der Waals surface area contributed by atoms with Crippen LogP contribution in [0.25, 0.3) is 0 Å². The summed E-state index contributed by atoms with van der Waals surface area (Å²) in [5, 5.41) is 0. The van der Waals surface area contributed by atoms with Gasteiger partial charge in [0.05, 0.1) is 0 Å². The molecule has 0 radical (unpaired) electrons. The van der Waals surface area contributed by atoms with Gasteiger partial charge in [-0.15, -0.1) is 0 Å². The molecule has 0 aromatic heterocycles. The number of rotatable bonds is 6. The molecule has 0 fully saturated rings. The molecule has 3 heteroatoms. The monoisotopic (exact) mass is 224 g/mol. The lowest BCUT2D eigenvalue weighted by Crippen LogP contribution is -2.32. The predicted octanol–water partition coefficient (Wildman–Crippen LogP) is 1.81. The van der Waals surface area contributed by atoms with Gasteiger partial charge in [0.15, 0.2) is 0 Å². The molecule has 2 nitrogen and oxygen atoms in total. The van der Waals surface area contributed by atoms with Crippen molar-refractivity contribution in [1.82, 2.24) is 0 Å². The van der Waals surface area contributed by atoms with Crippen LogP contribution < -0.4 is 11.5 Å². The molecule has 0 aliphatic heterocycles. The largest absolute Gasteiger partial charge is 0.329 e. The quantitative estimate of drug-likeness (QED) is 0.775. The second kappa shape index (κ2) is 6.88. The molecule has 0 saturated heterocycles. The van der Waals surface area contributed by atoms with Crippen LogP contribution in [0.3, 0.4) is 0 Å². The summed E-state index contributed by atoms with van der Waals surface area (Å²) in [6, 6.07) is 10.7. The lowest BCUT2D eigenvalue weighted by atomic mass is 10.0.